The number of anilines is 3. The fourth-order valence-corrected chi connectivity index (χ4v) is 3.53. The van der Waals surface area contributed by atoms with Crippen molar-refractivity contribution in [3.63, 3.8) is 0 Å². The number of aliphatic hydroxyl groups is 1. The van der Waals surface area contributed by atoms with Crippen LogP contribution < -0.4 is 26.4 Å². The SMILES string of the molecule is COC(=O)N[C@H](c1noc(-c2cccc(Nc3cc(NC(=O)C4CC4)nnc3C(N)=O)c2OC)n1)[C@@H](C)O. The fraction of sp³-hybridized carbons (Fsp3) is 0.348. The Balaban J connectivity index is 1.66. The number of nitrogens with one attached hydrogen (secondary N) is 3. The maximum Gasteiger partial charge on any atom is 0.407 e. The molecule has 0 radical (unpaired) electrons. The standard InChI is InChI=1S/C23H26N8O7/c1-10(32)16(27-23(35)37-3)20-28-22(38-31-20)12-5-4-6-13(18(12)36-2)25-14-9-15(26-21(34)11-7-8-11)29-30-17(14)19(24)33/h4-6,9-11,16,32H,7-8H2,1-3H3,(H2,24,33)(H,27,35)(H2,25,26,29,34)/t10-,16+/m1/s1. The molecule has 38 heavy (non-hydrogen) atoms. The average molecular weight is 527 g/mol. The summed E-state index contributed by atoms with van der Waals surface area (Å²) < 4.78 is 15.5. The number of carbonyl (C=O) groups excluding carboxylic acids is 3. The van der Waals surface area contributed by atoms with Gasteiger partial charge >= 0.3 is 6.09 Å². The zero-order valence-electron chi connectivity index (χ0n) is 20.7. The molecule has 15 nitrogen and oxygen atoms in total. The highest BCUT2D eigenvalue weighted by Crippen LogP contribution is 2.38. The van der Waals surface area contributed by atoms with Crippen LogP contribution in [-0.2, 0) is 9.53 Å². The van der Waals surface area contributed by atoms with E-state index in [0.29, 0.717) is 11.3 Å². The molecule has 1 aromatic carbocycles. The molecular formula is C23H26N8O7. The van der Waals surface area contributed by atoms with Crippen LogP contribution in [0.1, 0.15) is 42.1 Å². The summed E-state index contributed by atoms with van der Waals surface area (Å²) in [4.78, 5) is 40.1. The number of amides is 3. The molecule has 4 rings (SSSR count). The average Bonchev–Trinajstić information content (AvgIpc) is 3.64. The summed E-state index contributed by atoms with van der Waals surface area (Å²) in [5.74, 6) is -0.637. The Morgan fingerprint density at radius 1 is 1.18 bits per heavy atom. The van der Waals surface area contributed by atoms with Gasteiger partial charge in [-0.05, 0) is 31.9 Å². The van der Waals surface area contributed by atoms with Crippen molar-refractivity contribution in [3.8, 4) is 17.2 Å². The van der Waals surface area contributed by atoms with Crippen LogP contribution in [0.2, 0.25) is 0 Å². The number of rotatable bonds is 10. The summed E-state index contributed by atoms with van der Waals surface area (Å²) in [6.45, 7) is 1.45. The van der Waals surface area contributed by atoms with Crippen LogP contribution in [0.15, 0.2) is 28.8 Å². The van der Waals surface area contributed by atoms with E-state index < -0.39 is 24.1 Å². The van der Waals surface area contributed by atoms with Gasteiger partial charge in [-0.1, -0.05) is 11.2 Å². The minimum atomic E-state index is -1.06. The smallest absolute Gasteiger partial charge is 0.407 e. The zero-order valence-corrected chi connectivity index (χ0v) is 20.7. The first-order valence-electron chi connectivity index (χ1n) is 11.5. The summed E-state index contributed by atoms with van der Waals surface area (Å²) in [6, 6.07) is 5.41. The highest BCUT2D eigenvalue weighted by molar-refractivity contribution is 5.99. The number of methoxy groups -OCH3 is 2. The minimum absolute atomic E-state index is 0.00575. The molecular weight excluding hydrogens is 500 g/mol. The molecule has 15 heteroatoms. The molecule has 200 valence electrons. The number of carbonyl (C=O) groups is 3. The first kappa shape index (κ1) is 26.3. The summed E-state index contributed by atoms with van der Waals surface area (Å²) in [6.07, 6.45) is -0.227. The second-order valence-electron chi connectivity index (χ2n) is 8.44. The zero-order chi connectivity index (χ0) is 27.4. The Morgan fingerprint density at radius 3 is 2.58 bits per heavy atom. The van der Waals surface area contributed by atoms with Crippen LogP contribution in [0.3, 0.4) is 0 Å². The van der Waals surface area contributed by atoms with Gasteiger partial charge in [0, 0.05) is 12.0 Å². The van der Waals surface area contributed by atoms with E-state index in [1.807, 2.05) is 0 Å². The fourth-order valence-electron chi connectivity index (χ4n) is 3.53. The number of ether oxygens (including phenoxy) is 2. The molecule has 0 bridgehead atoms. The van der Waals surface area contributed by atoms with E-state index in [0.717, 1.165) is 12.8 Å². The minimum Gasteiger partial charge on any atom is -0.494 e. The Morgan fingerprint density at radius 2 is 1.95 bits per heavy atom. The molecule has 0 saturated heterocycles. The van der Waals surface area contributed by atoms with E-state index in [4.69, 9.17) is 15.0 Å². The molecule has 2 atom stereocenters. The third-order valence-corrected chi connectivity index (χ3v) is 5.61. The molecule has 2 heterocycles. The van der Waals surface area contributed by atoms with Crippen molar-refractivity contribution < 1.29 is 33.5 Å². The molecule has 3 aromatic rings. The molecule has 0 spiro atoms. The number of hydrogen-bond acceptors (Lipinski definition) is 12. The normalized spacial score (nSPS) is 14.2. The van der Waals surface area contributed by atoms with Gasteiger partial charge in [-0.3, -0.25) is 9.59 Å². The Hall–Kier alpha value is -4.79. The largest absolute Gasteiger partial charge is 0.494 e. The van der Waals surface area contributed by atoms with Crippen molar-refractivity contribution in [1.82, 2.24) is 25.7 Å². The van der Waals surface area contributed by atoms with Gasteiger partial charge in [-0.2, -0.15) is 4.98 Å². The van der Waals surface area contributed by atoms with Gasteiger partial charge in [-0.15, -0.1) is 10.2 Å². The van der Waals surface area contributed by atoms with E-state index >= 15 is 0 Å². The number of aromatic nitrogens is 4. The predicted molar refractivity (Wildman–Crippen MR) is 131 cm³/mol. The van der Waals surface area contributed by atoms with E-state index in [9.17, 15) is 19.5 Å². The van der Waals surface area contributed by atoms with Crippen molar-refractivity contribution >= 4 is 35.1 Å². The third-order valence-electron chi connectivity index (χ3n) is 5.61. The van der Waals surface area contributed by atoms with Crippen LogP contribution in [-0.4, -0.2) is 63.7 Å². The summed E-state index contributed by atoms with van der Waals surface area (Å²) in [5, 5.41) is 29.8. The predicted octanol–water partition coefficient (Wildman–Crippen LogP) is 1.50. The highest BCUT2D eigenvalue weighted by Gasteiger charge is 2.30. The number of benzene rings is 1. The van der Waals surface area contributed by atoms with Gasteiger partial charge in [-0.25, -0.2) is 4.79 Å². The van der Waals surface area contributed by atoms with Gasteiger partial charge in [0.2, 0.25) is 5.91 Å². The van der Waals surface area contributed by atoms with E-state index in [-0.39, 0.29) is 46.5 Å². The molecule has 1 saturated carbocycles. The van der Waals surface area contributed by atoms with E-state index in [1.165, 1.54) is 27.2 Å². The maximum absolute atomic E-state index is 12.2. The summed E-state index contributed by atoms with van der Waals surface area (Å²) >= 11 is 0. The molecule has 0 unspecified atom stereocenters. The van der Waals surface area contributed by atoms with Crippen LogP contribution in [0.4, 0.5) is 22.0 Å². The monoisotopic (exact) mass is 526 g/mol. The molecule has 1 fully saturated rings. The second-order valence-corrected chi connectivity index (χ2v) is 8.44. The molecule has 1 aliphatic carbocycles. The van der Waals surface area contributed by atoms with Crippen molar-refractivity contribution in [2.75, 3.05) is 24.9 Å². The topological polar surface area (TPSA) is 217 Å². The van der Waals surface area contributed by atoms with Crippen molar-refractivity contribution in [2.24, 2.45) is 11.7 Å². The lowest BCUT2D eigenvalue weighted by atomic mass is 10.1. The van der Waals surface area contributed by atoms with Crippen LogP contribution in [0.5, 0.6) is 5.75 Å². The number of nitrogens with zero attached hydrogens (tertiary/aromatic N) is 4. The van der Waals surface area contributed by atoms with Gasteiger partial charge in [0.05, 0.1) is 37.3 Å². The van der Waals surface area contributed by atoms with Gasteiger partial charge in [0.1, 0.15) is 6.04 Å². The quantitative estimate of drug-likeness (QED) is 0.254. The Labute approximate surface area is 216 Å². The van der Waals surface area contributed by atoms with Gasteiger partial charge in [0.25, 0.3) is 11.8 Å². The highest BCUT2D eigenvalue weighted by atomic mass is 16.5. The van der Waals surface area contributed by atoms with E-state index in [2.05, 4.69) is 41.0 Å². The number of alkyl carbamates (subject to hydrolysis) is 1. The lowest BCUT2D eigenvalue weighted by Gasteiger charge is -2.17. The summed E-state index contributed by atoms with van der Waals surface area (Å²) in [5.41, 5.74) is 6.24. The number of nitrogens with two attached hydrogens (primary N) is 1. The first-order chi connectivity index (χ1) is 18.2. The van der Waals surface area contributed by atoms with Crippen molar-refractivity contribution in [1.29, 1.82) is 0 Å². The summed E-state index contributed by atoms with van der Waals surface area (Å²) in [7, 11) is 2.60. The first-order valence-corrected chi connectivity index (χ1v) is 11.5. The molecule has 2 aromatic heterocycles. The second kappa shape index (κ2) is 11.1. The third kappa shape index (κ3) is 5.78. The number of para-hydroxylation sites is 1. The molecule has 6 N–H and O–H groups in total. The van der Waals surface area contributed by atoms with E-state index in [1.54, 1.807) is 18.2 Å². The molecule has 3 amide bonds. The number of primary amides is 1. The van der Waals surface area contributed by atoms with Crippen molar-refractivity contribution in [3.05, 3.63) is 35.8 Å². The Kier molecular flexibility index (Phi) is 7.66. The Bertz CT molecular complexity index is 1360. The molecule has 1 aliphatic rings. The number of aliphatic hydroxyl groups excluding tert-OH is 1. The van der Waals surface area contributed by atoms with Crippen LogP contribution >= 0.6 is 0 Å². The van der Waals surface area contributed by atoms with Crippen LogP contribution in [0, 0.1) is 5.92 Å². The van der Waals surface area contributed by atoms with Crippen molar-refractivity contribution in [2.45, 2.75) is 31.9 Å². The van der Waals surface area contributed by atoms with Gasteiger partial charge in [0.15, 0.2) is 23.1 Å². The van der Waals surface area contributed by atoms with Gasteiger partial charge < -0.3 is 40.8 Å². The lowest BCUT2D eigenvalue weighted by Crippen LogP contribution is -2.35. The number of hydrogen-bond donors (Lipinski definition) is 5. The maximum atomic E-state index is 12.2. The molecule has 0 aliphatic heterocycles. The lowest BCUT2D eigenvalue weighted by molar-refractivity contribution is -0.117. The van der Waals surface area contributed by atoms with Crippen LogP contribution in [0.25, 0.3) is 11.5 Å².